The lowest BCUT2D eigenvalue weighted by Crippen LogP contribution is -2.33. The smallest absolute Gasteiger partial charge is 0.0701 e. The third kappa shape index (κ3) is 5.41. The molecule has 0 spiro atoms. The molecule has 1 N–H and O–H groups in total. The second-order valence-electron chi connectivity index (χ2n) is 5.84. The van der Waals surface area contributed by atoms with Gasteiger partial charge in [-0.1, -0.05) is 19.3 Å². The minimum absolute atomic E-state index is 0.302. The molecular weight excluding hydrogens is 266 g/mol. The van der Waals surface area contributed by atoms with Crippen molar-refractivity contribution in [3.05, 3.63) is 18.0 Å². The number of nitrogens with zero attached hydrogens (tertiary/aromatic N) is 2. The van der Waals surface area contributed by atoms with Gasteiger partial charge in [-0.25, -0.2) is 0 Å². The second kappa shape index (κ2) is 9.18. The highest BCUT2D eigenvalue weighted by Gasteiger charge is 2.17. The van der Waals surface area contributed by atoms with Gasteiger partial charge >= 0.3 is 0 Å². The van der Waals surface area contributed by atoms with Crippen LogP contribution in [-0.2, 0) is 15.9 Å². The third-order valence-corrected chi connectivity index (χ3v) is 4.23. The van der Waals surface area contributed by atoms with E-state index in [0.717, 1.165) is 12.1 Å². The molecule has 0 saturated heterocycles. The maximum absolute atomic E-state index is 5.60. The summed E-state index contributed by atoms with van der Waals surface area (Å²) in [6.45, 7) is 1.98. The predicted octanol–water partition coefficient (Wildman–Crippen LogP) is 2.18. The molecule has 2 rings (SSSR count). The molecule has 5 heteroatoms. The van der Waals surface area contributed by atoms with Crippen LogP contribution >= 0.6 is 0 Å². The summed E-state index contributed by atoms with van der Waals surface area (Å²) in [5, 5.41) is 8.06. The summed E-state index contributed by atoms with van der Waals surface area (Å²) in [4.78, 5) is 0. The number of hydrogen-bond acceptors (Lipinski definition) is 4. The van der Waals surface area contributed by atoms with Crippen molar-refractivity contribution in [1.29, 1.82) is 0 Å². The summed E-state index contributed by atoms with van der Waals surface area (Å²) < 4.78 is 12.8. The Morgan fingerprint density at radius 3 is 2.86 bits per heavy atom. The lowest BCUT2D eigenvalue weighted by atomic mass is 9.96. The molecule has 1 heterocycles. The Morgan fingerprint density at radius 2 is 2.14 bits per heavy atom. The zero-order chi connectivity index (χ0) is 14.9. The first kappa shape index (κ1) is 16.5. The van der Waals surface area contributed by atoms with E-state index < -0.39 is 0 Å². The van der Waals surface area contributed by atoms with Crippen molar-refractivity contribution in [3.8, 4) is 0 Å². The zero-order valence-corrected chi connectivity index (χ0v) is 13.4. The largest absolute Gasteiger partial charge is 0.382 e. The molecule has 0 amide bonds. The lowest BCUT2D eigenvalue weighted by Gasteiger charge is -2.22. The Hall–Kier alpha value is -0.910. The summed E-state index contributed by atoms with van der Waals surface area (Å²) in [6.07, 6.45) is 9.66. The monoisotopic (exact) mass is 295 g/mol. The molecule has 1 aliphatic carbocycles. The van der Waals surface area contributed by atoms with Gasteiger partial charge in [-0.05, 0) is 26.0 Å². The van der Waals surface area contributed by atoms with Gasteiger partial charge in [-0.15, -0.1) is 0 Å². The van der Waals surface area contributed by atoms with Gasteiger partial charge in [0.05, 0.1) is 31.6 Å². The average Bonchev–Trinajstić information content (AvgIpc) is 3.00. The van der Waals surface area contributed by atoms with Crippen molar-refractivity contribution in [2.45, 2.75) is 50.6 Å². The highest BCUT2D eigenvalue weighted by molar-refractivity contribution is 5.02. The maximum atomic E-state index is 5.60. The van der Waals surface area contributed by atoms with Gasteiger partial charge in [0, 0.05) is 25.8 Å². The summed E-state index contributed by atoms with van der Waals surface area (Å²) in [7, 11) is 3.67. The molecule has 1 atom stereocenters. The van der Waals surface area contributed by atoms with Crippen molar-refractivity contribution >= 4 is 0 Å². The fourth-order valence-corrected chi connectivity index (χ4v) is 2.90. The first-order chi connectivity index (χ1) is 10.3. The first-order valence-electron chi connectivity index (χ1n) is 8.11. The average molecular weight is 295 g/mol. The third-order valence-electron chi connectivity index (χ3n) is 4.23. The van der Waals surface area contributed by atoms with Crippen LogP contribution in [0.25, 0.3) is 0 Å². The van der Waals surface area contributed by atoms with Gasteiger partial charge in [0.15, 0.2) is 0 Å². The molecule has 5 nitrogen and oxygen atoms in total. The van der Waals surface area contributed by atoms with Crippen molar-refractivity contribution in [3.63, 3.8) is 0 Å². The van der Waals surface area contributed by atoms with Gasteiger partial charge in [-0.2, -0.15) is 5.10 Å². The fraction of sp³-hybridized carbons (Fsp3) is 0.812. The molecule has 21 heavy (non-hydrogen) atoms. The van der Waals surface area contributed by atoms with E-state index in [1.807, 2.05) is 7.05 Å². The van der Waals surface area contributed by atoms with E-state index in [2.05, 4.69) is 22.3 Å². The van der Waals surface area contributed by atoms with Gasteiger partial charge < -0.3 is 14.8 Å². The molecule has 0 bridgehead atoms. The zero-order valence-electron chi connectivity index (χ0n) is 13.4. The van der Waals surface area contributed by atoms with E-state index in [1.54, 1.807) is 7.11 Å². The molecule has 1 aromatic rings. The van der Waals surface area contributed by atoms with Crippen LogP contribution in [0.1, 0.15) is 43.8 Å². The number of rotatable bonds is 9. The van der Waals surface area contributed by atoms with Crippen LogP contribution in [-0.4, -0.2) is 49.8 Å². The second-order valence-corrected chi connectivity index (χ2v) is 5.84. The Kier molecular flexibility index (Phi) is 7.19. The molecule has 120 valence electrons. The van der Waals surface area contributed by atoms with Gasteiger partial charge in [0.1, 0.15) is 0 Å². The van der Waals surface area contributed by atoms with Crippen molar-refractivity contribution in [1.82, 2.24) is 15.1 Å². The fourth-order valence-electron chi connectivity index (χ4n) is 2.90. The highest BCUT2D eigenvalue weighted by Crippen LogP contribution is 2.27. The number of ether oxygens (including phenoxy) is 2. The van der Waals surface area contributed by atoms with Crippen LogP contribution in [0.3, 0.4) is 0 Å². The molecular formula is C16H29N3O2. The van der Waals surface area contributed by atoms with E-state index in [4.69, 9.17) is 14.6 Å². The van der Waals surface area contributed by atoms with E-state index in [0.29, 0.717) is 31.9 Å². The van der Waals surface area contributed by atoms with Gasteiger partial charge in [-0.3, -0.25) is 4.68 Å². The van der Waals surface area contributed by atoms with E-state index >= 15 is 0 Å². The quantitative estimate of drug-likeness (QED) is 0.709. The molecule has 1 aromatic heterocycles. The van der Waals surface area contributed by atoms with E-state index in [9.17, 15) is 0 Å². The van der Waals surface area contributed by atoms with Crippen LogP contribution in [0.15, 0.2) is 12.3 Å². The highest BCUT2D eigenvalue weighted by atomic mass is 16.5. The van der Waals surface area contributed by atoms with Crippen LogP contribution in [0.5, 0.6) is 0 Å². The molecule has 1 unspecified atom stereocenters. The number of hydrogen-bond donors (Lipinski definition) is 1. The molecule has 1 aliphatic rings. The number of aromatic nitrogens is 2. The minimum Gasteiger partial charge on any atom is -0.382 e. The van der Waals surface area contributed by atoms with Crippen LogP contribution < -0.4 is 5.32 Å². The maximum Gasteiger partial charge on any atom is 0.0701 e. The van der Waals surface area contributed by atoms with Gasteiger partial charge in [0.25, 0.3) is 0 Å². The van der Waals surface area contributed by atoms with Crippen LogP contribution in [0.2, 0.25) is 0 Å². The van der Waals surface area contributed by atoms with Crippen LogP contribution in [0.4, 0.5) is 0 Å². The summed E-state index contributed by atoms with van der Waals surface area (Å²) in [5.41, 5.74) is 1.15. The van der Waals surface area contributed by atoms with E-state index in [1.165, 1.54) is 32.1 Å². The number of methoxy groups -OCH3 is 1. The summed E-state index contributed by atoms with van der Waals surface area (Å²) >= 11 is 0. The molecule has 0 aliphatic heterocycles. The first-order valence-corrected chi connectivity index (χ1v) is 8.11. The van der Waals surface area contributed by atoms with Gasteiger partial charge in [0.2, 0.25) is 0 Å². The predicted molar refractivity (Wildman–Crippen MR) is 83.6 cm³/mol. The SMILES string of the molecule is CNC(COCCOC)Cc1ccn(C2CCCCC2)n1. The summed E-state index contributed by atoms with van der Waals surface area (Å²) in [5.74, 6) is 0. The number of nitrogens with one attached hydrogen (secondary N) is 1. The molecule has 1 fully saturated rings. The molecule has 0 aromatic carbocycles. The standard InChI is InChI=1S/C16H29N3O2/c1-17-15(13-21-11-10-20-2)12-14-8-9-19(18-14)16-6-4-3-5-7-16/h8-9,15-17H,3-7,10-13H2,1-2H3. The van der Waals surface area contributed by atoms with Crippen molar-refractivity contribution in [2.75, 3.05) is 34.0 Å². The van der Waals surface area contributed by atoms with Crippen LogP contribution in [0, 0.1) is 0 Å². The van der Waals surface area contributed by atoms with E-state index in [-0.39, 0.29) is 0 Å². The van der Waals surface area contributed by atoms with Crippen molar-refractivity contribution in [2.24, 2.45) is 0 Å². The topological polar surface area (TPSA) is 48.3 Å². The Morgan fingerprint density at radius 1 is 1.33 bits per heavy atom. The lowest BCUT2D eigenvalue weighted by molar-refractivity contribution is 0.0596. The Bertz CT molecular complexity index is 389. The normalized spacial score (nSPS) is 18.0. The Balaban J connectivity index is 1.79. The minimum atomic E-state index is 0.302. The molecule has 1 saturated carbocycles. The Labute approximate surface area is 128 Å². The molecule has 0 radical (unpaired) electrons. The summed E-state index contributed by atoms with van der Waals surface area (Å²) in [6, 6.07) is 3.06. The number of likely N-dealkylation sites (N-methyl/N-ethyl adjacent to an activating group) is 1. The van der Waals surface area contributed by atoms with Crippen molar-refractivity contribution < 1.29 is 9.47 Å².